The van der Waals surface area contributed by atoms with Crippen LogP contribution in [0.4, 0.5) is 17.8 Å². The lowest BCUT2D eigenvalue weighted by Gasteiger charge is -2.32. The molecule has 1 atom stereocenters. The lowest BCUT2D eigenvalue weighted by Crippen LogP contribution is -2.38. The molecule has 7 nitrogen and oxygen atoms in total. The molecule has 1 aliphatic heterocycles. The highest BCUT2D eigenvalue weighted by Gasteiger charge is 2.22. The highest BCUT2D eigenvalue weighted by atomic mass is 79.9. The van der Waals surface area contributed by atoms with E-state index in [0.29, 0.717) is 36.0 Å². The average molecular weight is 518 g/mol. The van der Waals surface area contributed by atoms with Crippen LogP contribution in [0.15, 0.2) is 53.0 Å². The van der Waals surface area contributed by atoms with E-state index >= 15 is 0 Å². The van der Waals surface area contributed by atoms with Crippen molar-refractivity contribution in [1.82, 2.24) is 15.0 Å². The molecule has 0 aliphatic carbocycles. The van der Waals surface area contributed by atoms with Crippen molar-refractivity contribution in [2.24, 2.45) is 5.92 Å². The maximum atomic E-state index is 9.61. The van der Waals surface area contributed by atoms with Gasteiger partial charge >= 0.3 is 0 Å². The Balaban J connectivity index is 1.53. The van der Waals surface area contributed by atoms with E-state index in [9.17, 15) is 5.11 Å². The molecule has 0 bridgehead atoms. The van der Waals surface area contributed by atoms with Gasteiger partial charge in [-0.25, -0.2) is 0 Å². The van der Waals surface area contributed by atoms with Gasteiger partial charge in [-0.15, -0.1) is 0 Å². The molecule has 1 aliphatic rings. The summed E-state index contributed by atoms with van der Waals surface area (Å²) in [5.74, 6) is 1.88. The molecule has 9 heteroatoms. The Morgan fingerprint density at radius 2 is 1.72 bits per heavy atom. The van der Waals surface area contributed by atoms with E-state index in [1.807, 2.05) is 36.4 Å². The van der Waals surface area contributed by atoms with Crippen molar-refractivity contribution in [2.75, 3.05) is 35.2 Å². The van der Waals surface area contributed by atoms with Gasteiger partial charge in [-0.05, 0) is 54.2 Å². The quantitative estimate of drug-likeness (QED) is 0.398. The van der Waals surface area contributed by atoms with Gasteiger partial charge in [0.25, 0.3) is 0 Å². The first-order chi connectivity index (χ1) is 15.6. The van der Waals surface area contributed by atoms with Gasteiger partial charge in [0.1, 0.15) is 0 Å². The number of nitrogens with zero attached hydrogens (tertiary/aromatic N) is 4. The number of nitrogens with one attached hydrogen (secondary N) is 2. The molecule has 1 fully saturated rings. The minimum atomic E-state index is 0.178. The van der Waals surface area contributed by atoms with Crippen molar-refractivity contribution >= 4 is 45.4 Å². The first kappa shape index (κ1) is 22.8. The van der Waals surface area contributed by atoms with Crippen molar-refractivity contribution in [3.63, 3.8) is 0 Å². The second-order valence-electron chi connectivity index (χ2n) is 7.88. The zero-order chi connectivity index (χ0) is 22.3. The number of anilines is 3. The van der Waals surface area contributed by atoms with E-state index in [2.05, 4.69) is 58.5 Å². The van der Waals surface area contributed by atoms with Crippen LogP contribution >= 0.6 is 27.5 Å². The average Bonchev–Trinajstić information content (AvgIpc) is 2.82. The Kier molecular flexibility index (Phi) is 7.78. The zero-order valence-electron chi connectivity index (χ0n) is 17.6. The Morgan fingerprint density at radius 3 is 2.41 bits per heavy atom. The normalized spacial score (nSPS) is 16.1. The number of hydrogen-bond acceptors (Lipinski definition) is 7. The van der Waals surface area contributed by atoms with Crippen LogP contribution in [-0.2, 0) is 13.1 Å². The number of halogens is 2. The van der Waals surface area contributed by atoms with Crippen molar-refractivity contribution in [1.29, 1.82) is 0 Å². The summed E-state index contributed by atoms with van der Waals surface area (Å²) < 4.78 is 1.03. The van der Waals surface area contributed by atoms with Gasteiger partial charge in [-0.3, -0.25) is 0 Å². The molecule has 4 rings (SSSR count). The Bertz CT molecular complexity index is 1040. The van der Waals surface area contributed by atoms with Gasteiger partial charge in [0.2, 0.25) is 17.8 Å². The number of benzene rings is 2. The van der Waals surface area contributed by atoms with E-state index in [1.54, 1.807) is 0 Å². The Hall–Kier alpha value is -2.42. The third-order valence-electron chi connectivity index (χ3n) is 5.39. The summed E-state index contributed by atoms with van der Waals surface area (Å²) in [5, 5.41) is 16.9. The number of rotatable bonds is 8. The summed E-state index contributed by atoms with van der Waals surface area (Å²) >= 11 is 9.50. The van der Waals surface area contributed by atoms with E-state index in [4.69, 9.17) is 11.6 Å². The van der Waals surface area contributed by atoms with Crippen LogP contribution in [0.1, 0.15) is 24.0 Å². The van der Waals surface area contributed by atoms with Gasteiger partial charge in [0, 0.05) is 42.3 Å². The van der Waals surface area contributed by atoms with E-state index in [1.165, 1.54) is 0 Å². The number of aliphatic hydroxyl groups is 1. The third-order valence-corrected chi connectivity index (χ3v) is 6.13. The first-order valence-electron chi connectivity index (χ1n) is 10.7. The minimum absolute atomic E-state index is 0.178. The summed E-state index contributed by atoms with van der Waals surface area (Å²) in [6, 6.07) is 15.8. The summed E-state index contributed by atoms with van der Waals surface area (Å²) in [5.41, 5.74) is 2.20. The van der Waals surface area contributed by atoms with Gasteiger partial charge in [0.05, 0.1) is 0 Å². The highest BCUT2D eigenvalue weighted by molar-refractivity contribution is 9.10. The fraction of sp³-hybridized carbons (Fsp3) is 0.348. The van der Waals surface area contributed by atoms with Gasteiger partial charge < -0.3 is 20.6 Å². The van der Waals surface area contributed by atoms with Crippen LogP contribution in [-0.4, -0.2) is 39.8 Å². The van der Waals surface area contributed by atoms with Crippen molar-refractivity contribution in [3.05, 3.63) is 69.2 Å². The van der Waals surface area contributed by atoms with Crippen molar-refractivity contribution in [2.45, 2.75) is 25.9 Å². The Morgan fingerprint density at radius 1 is 1.00 bits per heavy atom. The molecule has 168 valence electrons. The lowest BCUT2D eigenvalue weighted by atomic mass is 9.99. The van der Waals surface area contributed by atoms with Crippen LogP contribution in [0.3, 0.4) is 0 Å². The SMILES string of the molecule is OCC1CCCN(c2nc(NCc3ccc(Cl)cc3)nc(NCc3cccc(Br)c3)n2)C1. The predicted octanol–water partition coefficient (Wildman–Crippen LogP) is 4.72. The first-order valence-corrected chi connectivity index (χ1v) is 11.8. The van der Waals surface area contributed by atoms with Crippen LogP contribution < -0.4 is 15.5 Å². The van der Waals surface area contributed by atoms with E-state index in [0.717, 1.165) is 41.5 Å². The highest BCUT2D eigenvalue weighted by Crippen LogP contribution is 2.22. The standard InChI is InChI=1S/C23H26BrClN6O/c24-19-5-1-3-17(11-19)13-27-22-28-21(26-12-16-6-8-20(25)9-7-16)29-23(30-22)31-10-2-4-18(14-31)15-32/h1,3,5-9,11,18,32H,2,4,10,12-15H2,(H2,26,27,28,29,30). The molecule has 1 aromatic heterocycles. The van der Waals surface area contributed by atoms with Crippen molar-refractivity contribution in [3.8, 4) is 0 Å². The number of aliphatic hydroxyl groups excluding tert-OH is 1. The van der Waals surface area contributed by atoms with Crippen LogP contribution in [0.25, 0.3) is 0 Å². The maximum Gasteiger partial charge on any atom is 0.231 e. The molecule has 0 saturated carbocycles. The maximum absolute atomic E-state index is 9.61. The molecular formula is C23H26BrClN6O. The zero-order valence-corrected chi connectivity index (χ0v) is 20.0. The molecule has 2 heterocycles. The molecule has 0 amide bonds. The molecule has 0 radical (unpaired) electrons. The second-order valence-corrected chi connectivity index (χ2v) is 9.24. The van der Waals surface area contributed by atoms with Gasteiger partial charge in [-0.1, -0.05) is 51.8 Å². The van der Waals surface area contributed by atoms with Crippen molar-refractivity contribution < 1.29 is 5.11 Å². The third kappa shape index (κ3) is 6.31. The smallest absolute Gasteiger partial charge is 0.231 e. The number of hydrogen-bond donors (Lipinski definition) is 3. The van der Waals surface area contributed by atoms with E-state index < -0.39 is 0 Å². The molecule has 1 saturated heterocycles. The molecule has 0 spiro atoms. The monoisotopic (exact) mass is 516 g/mol. The fourth-order valence-corrected chi connectivity index (χ4v) is 4.24. The second kappa shape index (κ2) is 10.9. The molecule has 2 aromatic carbocycles. The summed E-state index contributed by atoms with van der Waals surface area (Å²) in [6.07, 6.45) is 2.03. The molecule has 1 unspecified atom stereocenters. The van der Waals surface area contributed by atoms with Crippen LogP contribution in [0.2, 0.25) is 5.02 Å². The number of piperidine rings is 1. The molecule has 3 aromatic rings. The fourth-order valence-electron chi connectivity index (χ4n) is 3.67. The Labute approximate surface area is 201 Å². The van der Waals surface area contributed by atoms with E-state index in [-0.39, 0.29) is 12.5 Å². The lowest BCUT2D eigenvalue weighted by molar-refractivity contribution is 0.208. The summed E-state index contributed by atoms with van der Waals surface area (Å²) in [6.45, 7) is 2.95. The summed E-state index contributed by atoms with van der Waals surface area (Å²) in [4.78, 5) is 16.0. The number of aromatic nitrogens is 3. The van der Waals surface area contributed by atoms with Crippen LogP contribution in [0.5, 0.6) is 0 Å². The van der Waals surface area contributed by atoms with Gasteiger partial charge in [-0.2, -0.15) is 15.0 Å². The minimum Gasteiger partial charge on any atom is -0.396 e. The predicted molar refractivity (Wildman–Crippen MR) is 132 cm³/mol. The van der Waals surface area contributed by atoms with Crippen LogP contribution in [0, 0.1) is 5.92 Å². The molecular weight excluding hydrogens is 492 g/mol. The molecule has 3 N–H and O–H groups in total. The summed E-state index contributed by atoms with van der Waals surface area (Å²) in [7, 11) is 0. The molecule has 32 heavy (non-hydrogen) atoms. The van der Waals surface area contributed by atoms with Gasteiger partial charge in [0.15, 0.2) is 0 Å². The largest absolute Gasteiger partial charge is 0.396 e. The topological polar surface area (TPSA) is 86.2 Å².